The Morgan fingerprint density at radius 2 is 1.95 bits per heavy atom. The van der Waals surface area contributed by atoms with Gasteiger partial charge in [0, 0.05) is 11.1 Å². The number of nitrogens with two attached hydrogens (primary N) is 1. The Labute approximate surface area is 120 Å². The van der Waals surface area contributed by atoms with Crippen molar-refractivity contribution in [3.8, 4) is 0 Å². The standard InChI is InChI=1S/C15H23ClN2O/c1-10(2)8-14(17)15(19)18-11(3)9-12-6-4-5-7-13(12)16/h4-7,10-11,14H,8-9,17H2,1-3H3,(H,18,19). The monoisotopic (exact) mass is 282 g/mol. The highest BCUT2D eigenvalue weighted by Gasteiger charge is 2.17. The van der Waals surface area contributed by atoms with Crippen molar-refractivity contribution in [1.82, 2.24) is 5.32 Å². The van der Waals surface area contributed by atoms with Crippen LogP contribution in [0.1, 0.15) is 32.8 Å². The summed E-state index contributed by atoms with van der Waals surface area (Å²) in [6, 6.07) is 7.25. The minimum atomic E-state index is -0.436. The maximum atomic E-state index is 11.9. The summed E-state index contributed by atoms with van der Waals surface area (Å²) < 4.78 is 0. The Morgan fingerprint density at radius 3 is 2.53 bits per heavy atom. The van der Waals surface area contributed by atoms with Gasteiger partial charge in [0.25, 0.3) is 0 Å². The van der Waals surface area contributed by atoms with Gasteiger partial charge in [0.1, 0.15) is 0 Å². The number of hydrogen-bond acceptors (Lipinski definition) is 2. The molecule has 3 N–H and O–H groups in total. The third kappa shape index (κ3) is 5.62. The van der Waals surface area contributed by atoms with E-state index in [-0.39, 0.29) is 11.9 Å². The first-order chi connectivity index (χ1) is 8.90. The van der Waals surface area contributed by atoms with Crippen LogP contribution in [0.25, 0.3) is 0 Å². The number of halogens is 1. The molecule has 0 fully saturated rings. The molecule has 0 aromatic heterocycles. The van der Waals surface area contributed by atoms with E-state index in [4.69, 9.17) is 17.3 Å². The summed E-state index contributed by atoms with van der Waals surface area (Å²) in [5.41, 5.74) is 6.89. The predicted octanol–water partition coefficient (Wildman–Crippen LogP) is 2.76. The molecule has 0 aliphatic rings. The number of benzene rings is 1. The first-order valence-electron chi connectivity index (χ1n) is 6.69. The molecule has 19 heavy (non-hydrogen) atoms. The summed E-state index contributed by atoms with van der Waals surface area (Å²) in [4.78, 5) is 11.9. The van der Waals surface area contributed by atoms with Crippen molar-refractivity contribution in [3.05, 3.63) is 34.9 Å². The maximum absolute atomic E-state index is 11.9. The molecule has 2 unspecified atom stereocenters. The fourth-order valence-corrected chi connectivity index (χ4v) is 2.22. The highest BCUT2D eigenvalue weighted by Crippen LogP contribution is 2.16. The fraction of sp³-hybridized carbons (Fsp3) is 0.533. The number of nitrogens with one attached hydrogen (secondary N) is 1. The zero-order valence-corrected chi connectivity index (χ0v) is 12.6. The van der Waals surface area contributed by atoms with Crippen LogP contribution in [-0.2, 0) is 11.2 Å². The van der Waals surface area contributed by atoms with Crippen molar-refractivity contribution in [2.24, 2.45) is 11.7 Å². The molecule has 4 heteroatoms. The first kappa shape index (κ1) is 16.0. The average Bonchev–Trinajstić information content (AvgIpc) is 2.31. The van der Waals surface area contributed by atoms with Crippen LogP contribution in [0.2, 0.25) is 5.02 Å². The van der Waals surface area contributed by atoms with Gasteiger partial charge in [-0.3, -0.25) is 4.79 Å². The Kier molecular flexibility index (Phi) is 6.32. The van der Waals surface area contributed by atoms with Crippen molar-refractivity contribution in [2.45, 2.75) is 45.7 Å². The maximum Gasteiger partial charge on any atom is 0.237 e. The number of rotatable bonds is 6. The molecule has 1 aromatic carbocycles. The molecule has 0 heterocycles. The summed E-state index contributed by atoms with van der Waals surface area (Å²) in [6.45, 7) is 6.07. The molecule has 0 aliphatic heterocycles. The lowest BCUT2D eigenvalue weighted by atomic mass is 10.0. The molecule has 0 saturated heterocycles. The minimum absolute atomic E-state index is 0.0191. The molecular weight excluding hydrogens is 260 g/mol. The lowest BCUT2D eigenvalue weighted by molar-refractivity contribution is -0.123. The third-order valence-corrected chi connectivity index (χ3v) is 3.30. The summed E-state index contributed by atoms with van der Waals surface area (Å²) in [7, 11) is 0. The van der Waals surface area contributed by atoms with E-state index in [2.05, 4.69) is 19.2 Å². The number of hydrogen-bond donors (Lipinski definition) is 2. The summed E-state index contributed by atoms with van der Waals surface area (Å²) in [5, 5.41) is 3.67. The molecule has 0 bridgehead atoms. The molecule has 1 rings (SSSR count). The van der Waals surface area contributed by atoms with Crippen LogP contribution in [0.4, 0.5) is 0 Å². The highest BCUT2D eigenvalue weighted by molar-refractivity contribution is 6.31. The van der Waals surface area contributed by atoms with E-state index in [1.165, 1.54) is 0 Å². The van der Waals surface area contributed by atoms with Gasteiger partial charge in [0.15, 0.2) is 0 Å². The van der Waals surface area contributed by atoms with Crippen LogP contribution in [0, 0.1) is 5.92 Å². The summed E-state index contributed by atoms with van der Waals surface area (Å²) >= 11 is 6.10. The highest BCUT2D eigenvalue weighted by atomic mass is 35.5. The topological polar surface area (TPSA) is 55.1 Å². The van der Waals surface area contributed by atoms with Crippen LogP contribution in [0.15, 0.2) is 24.3 Å². The van der Waals surface area contributed by atoms with Gasteiger partial charge in [0.05, 0.1) is 6.04 Å². The molecule has 0 radical (unpaired) electrons. The van der Waals surface area contributed by atoms with Gasteiger partial charge < -0.3 is 11.1 Å². The molecule has 106 valence electrons. The van der Waals surface area contributed by atoms with Crippen molar-refractivity contribution in [1.29, 1.82) is 0 Å². The van der Waals surface area contributed by atoms with Crippen LogP contribution in [-0.4, -0.2) is 18.0 Å². The molecule has 2 atom stereocenters. The second kappa shape index (κ2) is 7.51. The van der Waals surface area contributed by atoms with E-state index in [0.29, 0.717) is 18.8 Å². The Bertz CT molecular complexity index is 420. The smallest absolute Gasteiger partial charge is 0.237 e. The zero-order valence-electron chi connectivity index (χ0n) is 11.8. The van der Waals surface area contributed by atoms with E-state index < -0.39 is 6.04 Å². The van der Waals surface area contributed by atoms with Crippen molar-refractivity contribution in [3.63, 3.8) is 0 Å². The van der Waals surface area contributed by atoms with Gasteiger partial charge >= 0.3 is 0 Å². The second-order valence-corrected chi connectivity index (χ2v) is 5.85. The van der Waals surface area contributed by atoms with Crippen LogP contribution < -0.4 is 11.1 Å². The normalized spacial score (nSPS) is 14.2. The zero-order chi connectivity index (χ0) is 14.4. The van der Waals surface area contributed by atoms with Crippen molar-refractivity contribution >= 4 is 17.5 Å². The summed E-state index contributed by atoms with van der Waals surface area (Å²) in [6.07, 6.45) is 1.41. The predicted molar refractivity (Wildman–Crippen MR) is 80.2 cm³/mol. The molecule has 0 saturated carbocycles. The number of amides is 1. The molecule has 1 amide bonds. The number of carbonyl (C=O) groups is 1. The van der Waals surface area contributed by atoms with E-state index in [1.807, 2.05) is 31.2 Å². The van der Waals surface area contributed by atoms with Crippen LogP contribution in [0.3, 0.4) is 0 Å². The molecule has 1 aromatic rings. The largest absolute Gasteiger partial charge is 0.352 e. The van der Waals surface area contributed by atoms with Crippen molar-refractivity contribution in [2.75, 3.05) is 0 Å². The average molecular weight is 283 g/mol. The Hall–Kier alpha value is -1.06. The van der Waals surface area contributed by atoms with Gasteiger partial charge in [-0.15, -0.1) is 0 Å². The second-order valence-electron chi connectivity index (χ2n) is 5.44. The fourth-order valence-electron chi connectivity index (χ4n) is 2.01. The van der Waals surface area contributed by atoms with Crippen LogP contribution >= 0.6 is 11.6 Å². The summed E-state index contributed by atoms with van der Waals surface area (Å²) in [5.74, 6) is 0.327. The van der Waals surface area contributed by atoms with Gasteiger partial charge in [0.2, 0.25) is 5.91 Å². The van der Waals surface area contributed by atoms with E-state index in [9.17, 15) is 4.79 Å². The van der Waals surface area contributed by atoms with Crippen molar-refractivity contribution < 1.29 is 4.79 Å². The van der Waals surface area contributed by atoms with Gasteiger partial charge in [-0.2, -0.15) is 0 Å². The SMILES string of the molecule is CC(C)CC(N)C(=O)NC(C)Cc1ccccc1Cl. The molecular formula is C15H23ClN2O. The third-order valence-electron chi connectivity index (χ3n) is 2.93. The molecule has 0 spiro atoms. The van der Waals surface area contributed by atoms with Gasteiger partial charge in [-0.25, -0.2) is 0 Å². The van der Waals surface area contributed by atoms with E-state index >= 15 is 0 Å². The van der Waals surface area contributed by atoms with Gasteiger partial charge in [-0.05, 0) is 37.3 Å². The lowest BCUT2D eigenvalue weighted by Gasteiger charge is -2.19. The number of carbonyl (C=O) groups excluding carboxylic acids is 1. The first-order valence-corrected chi connectivity index (χ1v) is 7.07. The van der Waals surface area contributed by atoms with Gasteiger partial charge in [-0.1, -0.05) is 43.6 Å². The minimum Gasteiger partial charge on any atom is -0.352 e. The van der Waals surface area contributed by atoms with E-state index in [1.54, 1.807) is 0 Å². The molecule has 0 aliphatic carbocycles. The molecule has 3 nitrogen and oxygen atoms in total. The van der Waals surface area contributed by atoms with Crippen LogP contribution in [0.5, 0.6) is 0 Å². The Morgan fingerprint density at radius 1 is 1.32 bits per heavy atom. The van der Waals surface area contributed by atoms with E-state index in [0.717, 1.165) is 10.6 Å². The quantitative estimate of drug-likeness (QED) is 0.843. The lowest BCUT2D eigenvalue weighted by Crippen LogP contribution is -2.45. The Balaban J connectivity index is 2.49.